The number of carbonyl (C=O) groups excluding carboxylic acids is 2. The van der Waals surface area contributed by atoms with E-state index in [1.54, 1.807) is 60.7 Å². The van der Waals surface area contributed by atoms with Gasteiger partial charge >= 0.3 is 0 Å². The fourth-order valence-electron chi connectivity index (χ4n) is 6.24. The van der Waals surface area contributed by atoms with Gasteiger partial charge in [0.15, 0.2) is 0 Å². The number of amides is 2. The lowest BCUT2D eigenvalue weighted by Crippen LogP contribution is -2.55. The van der Waals surface area contributed by atoms with Crippen LogP contribution in [0.3, 0.4) is 0 Å². The number of sulfonamides is 1. The highest BCUT2D eigenvalue weighted by Crippen LogP contribution is 2.34. The Kier molecular flexibility index (Phi) is 13.3. The first-order valence-electron chi connectivity index (χ1n) is 17.0. The summed E-state index contributed by atoms with van der Waals surface area (Å²) in [5, 5.41) is 3.67. The van der Waals surface area contributed by atoms with Crippen molar-refractivity contribution < 1.29 is 22.7 Å². The Hall–Kier alpha value is -3.99. The first-order valence-corrected chi connectivity index (χ1v) is 20.0. The number of hydrogen-bond donors (Lipinski definition) is 1. The minimum Gasteiger partial charge on any atom is -0.492 e. The molecule has 0 aliphatic heterocycles. The Balaban J connectivity index is 1.60. The van der Waals surface area contributed by atoms with Gasteiger partial charge in [0.1, 0.15) is 18.3 Å². The van der Waals surface area contributed by atoms with E-state index in [9.17, 15) is 18.0 Å². The van der Waals surface area contributed by atoms with Crippen molar-refractivity contribution in [2.45, 2.75) is 73.9 Å². The lowest BCUT2D eigenvalue weighted by Gasteiger charge is -2.35. The maximum Gasteiger partial charge on any atom is 0.264 e. The first-order chi connectivity index (χ1) is 24.2. The van der Waals surface area contributed by atoms with E-state index in [0.717, 1.165) is 46.9 Å². The maximum absolute atomic E-state index is 14.9. The van der Waals surface area contributed by atoms with Crippen molar-refractivity contribution in [2.24, 2.45) is 0 Å². The van der Waals surface area contributed by atoms with E-state index >= 15 is 0 Å². The van der Waals surface area contributed by atoms with E-state index in [0.29, 0.717) is 22.9 Å². The van der Waals surface area contributed by atoms with Crippen molar-refractivity contribution in [3.8, 4) is 5.75 Å². The van der Waals surface area contributed by atoms with E-state index in [2.05, 4.69) is 5.32 Å². The monoisotopic (exact) mass is 733 g/mol. The lowest BCUT2D eigenvalue weighted by molar-refractivity contribution is -0.140. The van der Waals surface area contributed by atoms with Gasteiger partial charge in [0.25, 0.3) is 10.0 Å². The SMILES string of the molecule is CCOc1ccccc1N(CC(=O)N(Cc1ccccc1Cl)[C@@H](Cc1ccccc1)C(=O)NC1CCCCC1)S(=O)(=O)c1ccc(SC)cc1. The van der Waals surface area contributed by atoms with E-state index in [4.69, 9.17) is 16.3 Å². The Morgan fingerprint density at radius 1 is 0.900 bits per heavy atom. The van der Waals surface area contributed by atoms with Crippen LogP contribution in [0.15, 0.2) is 113 Å². The van der Waals surface area contributed by atoms with Crippen molar-refractivity contribution in [3.05, 3.63) is 119 Å². The topological polar surface area (TPSA) is 96.0 Å². The van der Waals surface area contributed by atoms with Crippen LogP contribution in [0.4, 0.5) is 5.69 Å². The van der Waals surface area contributed by atoms with Gasteiger partial charge < -0.3 is 15.0 Å². The van der Waals surface area contributed by atoms with Crippen LogP contribution in [-0.4, -0.2) is 56.6 Å². The van der Waals surface area contributed by atoms with E-state index in [1.165, 1.54) is 16.7 Å². The summed E-state index contributed by atoms with van der Waals surface area (Å²) in [6.07, 6.45) is 7.08. The summed E-state index contributed by atoms with van der Waals surface area (Å²) in [7, 11) is -4.29. The fraction of sp³-hybridized carbons (Fsp3) is 0.333. The third-order valence-corrected chi connectivity index (χ3v) is 11.8. The van der Waals surface area contributed by atoms with Crippen LogP contribution in [0.2, 0.25) is 5.02 Å². The summed E-state index contributed by atoms with van der Waals surface area (Å²) in [4.78, 5) is 31.6. The number of carbonyl (C=O) groups is 2. The molecule has 1 saturated carbocycles. The molecule has 4 aromatic rings. The summed E-state index contributed by atoms with van der Waals surface area (Å²) < 4.78 is 36.0. The van der Waals surface area contributed by atoms with Crippen molar-refractivity contribution >= 4 is 50.9 Å². The molecule has 1 aliphatic carbocycles. The molecule has 1 N–H and O–H groups in total. The van der Waals surface area contributed by atoms with Gasteiger partial charge in [0.2, 0.25) is 11.8 Å². The highest BCUT2D eigenvalue weighted by molar-refractivity contribution is 7.98. The van der Waals surface area contributed by atoms with Gasteiger partial charge in [-0.3, -0.25) is 13.9 Å². The smallest absolute Gasteiger partial charge is 0.264 e. The average Bonchev–Trinajstić information content (AvgIpc) is 3.14. The molecule has 50 heavy (non-hydrogen) atoms. The van der Waals surface area contributed by atoms with Gasteiger partial charge in [-0.25, -0.2) is 8.42 Å². The molecule has 0 saturated heterocycles. The standard InChI is InChI=1S/C39H44ClN3O5S2/c1-3-48-37-21-13-12-20-35(37)43(50(46,47)33-24-22-32(49-2)23-25-33)28-38(44)42(27-30-16-10-11-19-34(30)40)36(26-29-14-6-4-7-15-29)39(45)41-31-17-8-5-9-18-31/h4,6-7,10-16,19-25,31,36H,3,5,8-9,17-18,26-28H2,1-2H3,(H,41,45)/t36-/m0/s1. The van der Waals surface area contributed by atoms with Crippen LogP contribution in [0.5, 0.6) is 5.75 Å². The number of nitrogens with one attached hydrogen (secondary N) is 1. The number of rotatable bonds is 15. The molecule has 4 aromatic carbocycles. The molecule has 0 heterocycles. The molecule has 0 unspecified atom stereocenters. The molecule has 1 atom stereocenters. The second kappa shape index (κ2) is 17.8. The van der Waals surface area contributed by atoms with E-state index in [1.807, 2.05) is 55.6 Å². The quantitative estimate of drug-likeness (QED) is 0.126. The molecule has 1 fully saturated rings. The summed E-state index contributed by atoms with van der Waals surface area (Å²) in [5.74, 6) is -0.515. The van der Waals surface area contributed by atoms with Crippen LogP contribution in [-0.2, 0) is 32.6 Å². The normalized spacial score (nSPS) is 14.1. The van der Waals surface area contributed by atoms with Crippen LogP contribution >= 0.6 is 23.4 Å². The van der Waals surface area contributed by atoms with Crippen molar-refractivity contribution in [3.63, 3.8) is 0 Å². The molecule has 264 valence electrons. The van der Waals surface area contributed by atoms with Crippen LogP contribution < -0.4 is 14.4 Å². The highest BCUT2D eigenvalue weighted by atomic mass is 35.5. The van der Waals surface area contributed by atoms with Crippen LogP contribution in [0, 0.1) is 0 Å². The molecule has 0 aromatic heterocycles. The van der Waals surface area contributed by atoms with Crippen LogP contribution in [0.25, 0.3) is 0 Å². The van der Waals surface area contributed by atoms with Gasteiger partial charge in [-0.15, -0.1) is 11.8 Å². The molecule has 5 rings (SSSR count). The van der Waals surface area contributed by atoms with Gasteiger partial charge in [0.05, 0.1) is 17.2 Å². The summed E-state index contributed by atoms with van der Waals surface area (Å²) >= 11 is 8.14. The molecule has 11 heteroatoms. The minimum atomic E-state index is -4.29. The van der Waals surface area contributed by atoms with Gasteiger partial charge in [-0.1, -0.05) is 91.5 Å². The zero-order valence-electron chi connectivity index (χ0n) is 28.5. The third kappa shape index (κ3) is 9.41. The highest BCUT2D eigenvalue weighted by Gasteiger charge is 2.36. The zero-order valence-corrected chi connectivity index (χ0v) is 30.9. The largest absolute Gasteiger partial charge is 0.492 e. The number of thioether (sulfide) groups is 1. The molecular weight excluding hydrogens is 690 g/mol. The maximum atomic E-state index is 14.9. The Labute approximate surface area is 305 Å². The minimum absolute atomic E-state index is 0.00247. The summed E-state index contributed by atoms with van der Waals surface area (Å²) in [5.41, 5.74) is 1.73. The Morgan fingerprint density at radius 2 is 1.56 bits per heavy atom. The molecular formula is C39H44ClN3O5S2. The zero-order chi connectivity index (χ0) is 35.5. The predicted molar refractivity (Wildman–Crippen MR) is 201 cm³/mol. The number of para-hydroxylation sites is 2. The van der Waals surface area contributed by atoms with E-state index in [-0.39, 0.29) is 35.5 Å². The average molecular weight is 734 g/mol. The van der Waals surface area contributed by atoms with Gasteiger partial charge in [0, 0.05) is 28.9 Å². The molecule has 0 spiro atoms. The van der Waals surface area contributed by atoms with Crippen LogP contribution in [0.1, 0.15) is 50.2 Å². The van der Waals surface area contributed by atoms with Crippen molar-refractivity contribution in [1.82, 2.24) is 10.2 Å². The van der Waals surface area contributed by atoms with Crippen molar-refractivity contribution in [1.29, 1.82) is 0 Å². The Morgan fingerprint density at radius 3 is 2.24 bits per heavy atom. The molecule has 0 bridgehead atoms. The number of anilines is 1. The molecule has 8 nitrogen and oxygen atoms in total. The molecule has 1 aliphatic rings. The number of nitrogens with zero attached hydrogens (tertiary/aromatic N) is 2. The first kappa shape index (κ1) is 37.3. The number of halogens is 1. The predicted octanol–water partition coefficient (Wildman–Crippen LogP) is 7.74. The number of hydrogen-bond acceptors (Lipinski definition) is 6. The van der Waals surface area contributed by atoms with Crippen molar-refractivity contribution in [2.75, 3.05) is 23.7 Å². The number of benzene rings is 4. The third-order valence-electron chi connectivity index (χ3n) is 8.88. The fourth-order valence-corrected chi connectivity index (χ4v) is 8.27. The van der Waals surface area contributed by atoms with Gasteiger partial charge in [-0.05, 0) is 79.6 Å². The lowest BCUT2D eigenvalue weighted by atomic mass is 9.94. The number of ether oxygens (including phenoxy) is 1. The second-order valence-electron chi connectivity index (χ2n) is 12.3. The molecule has 2 amide bonds. The summed E-state index contributed by atoms with van der Waals surface area (Å²) in [6, 6.07) is 29.1. The van der Waals surface area contributed by atoms with E-state index < -0.39 is 28.5 Å². The van der Waals surface area contributed by atoms with Gasteiger partial charge in [-0.2, -0.15) is 0 Å². The molecule has 0 radical (unpaired) electrons. The summed E-state index contributed by atoms with van der Waals surface area (Å²) in [6.45, 7) is 1.52. The Bertz CT molecular complexity index is 1830. The second-order valence-corrected chi connectivity index (χ2v) is 15.4.